The Morgan fingerprint density at radius 2 is 2.04 bits per heavy atom. The fourth-order valence-electron chi connectivity index (χ4n) is 2.01. The van der Waals surface area contributed by atoms with E-state index >= 15 is 0 Å². The van der Waals surface area contributed by atoms with Crippen molar-refractivity contribution in [2.45, 2.75) is 32.2 Å². The average Bonchev–Trinajstić information content (AvgIpc) is 2.45. The van der Waals surface area contributed by atoms with Gasteiger partial charge >= 0.3 is 12.2 Å². The normalized spacial score (nSPS) is 14.1. The van der Waals surface area contributed by atoms with Gasteiger partial charge in [-0.25, -0.2) is 4.79 Å². The second kappa shape index (κ2) is 7.54. The third-order valence-electron chi connectivity index (χ3n) is 3.36. The van der Waals surface area contributed by atoms with Crippen molar-refractivity contribution in [1.82, 2.24) is 10.2 Å². The zero-order valence-corrected chi connectivity index (χ0v) is 13.4. The highest BCUT2D eigenvalue weighted by molar-refractivity contribution is 5.74. The van der Waals surface area contributed by atoms with Gasteiger partial charge in [-0.3, -0.25) is 0 Å². The van der Waals surface area contributed by atoms with Crippen LogP contribution in [0.25, 0.3) is 0 Å². The van der Waals surface area contributed by atoms with Crippen molar-refractivity contribution in [3.8, 4) is 5.75 Å². The Kier molecular flexibility index (Phi) is 6.26. The number of amides is 2. The Balaban J connectivity index is 2.75. The number of halogens is 3. The van der Waals surface area contributed by atoms with Gasteiger partial charge in [-0.05, 0) is 19.9 Å². The third-order valence-corrected chi connectivity index (χ3v) is 3.36. The molecule has 1 aromatic rings. The number of methoxy groups -OCH3 is 1. The average molecular weight is 334 g/mol. The van der Waals surface area contributed by atoms with Crippen molar-refractivity contribution in [2.24, 2.45) is 0 Å². The van der Waals surface area contributed by atoms with Gasteiger partial charge in [0, 0.05) is 12.6 Å². The van der Waals surface area contributed by atoms with E-state index < -0.39 is 30.9 Å². The lowest BCUT2D eigenvalue weighted by atomic mass is 10.0. The first-order chi connectivity index (χ1) is 10.6. The Morgan fingerprint density at radius 3 is 2.57 bits per heavy atom. The molecule has 1 rings (SSSR count). The van der Waals surface area contributed by atoms with Crippen LogP contribution in [0.4, 0.5) is 18.0 Å². The minimum Gasteiger partial charge on any atom is -0.496 e. The number of aliphatic hydroxyl groups excluding tert-OH is 1. The molecule has 8 heteroatoms. The smallest absolute Gasteiger partial charge is 0.416 e. The number of ether oxygens (including phenoxy) is 1. The van der Waals surface area contributed by atoms with Gasteiger partial charge in [-0.1, -0.05) is 17.7 Å². The highest BCUT2D eigenvalue weighted by Crippen LogP contribution is 2.26. The van der Waals surface area contributed by atoms with Crippen LogP contribution in [-0.4, -0.2) is 49.0 Å². The van der Waals surface area contributed by atoms with Gasteiger partial charge in [-0.15, -0.1) is 0 Å². The van der Waals surface area contributed by atoms with Gasteiger partial charge in [0.05, 0.1) is 19.7 Å². The first-order valence-corrected chi connectivity index (χ1v) is 6.97. The summed E-state index contributed by atoms with van der Waals surface area (Å²) in [6, 6.07) is 4.24. The van der Waals surface area contributed by atoms with Crippen LogP contribution in [0.5, 0.6) is 5.75 Å². The summed E-state index contributed by atoms with van der Waals surface area (Å²) >= 11 is 0. The fourth-order valence-corrected chi connectivity index (χ4v) is 2.01. The second-order valence-electron chi connectivity index (χ2n) is 5.35. The van der Waals surface area contributed by atoms with Gasteiger partial charge in [0.2, 0.25) is 0 Å². The van der Waals surface area contributed by atoms with Gasteiger partial charge in [-0.2, -0.15) is 13.2 Å². The summed E-state index contributed by atoms with van der Waals surface area (Å²) in [6.45, 7) is 2.74. The number of carbonyl (C=O) groups excluding carboxylic acids is 1. The van der Waals surface area contributed by atoms with Crippen LogP contribution in [0.1, 0.15) is 24.1 Å². The number of aliphatic hydroxyl groups is 1. The van der Waals surface area contributed by atoms with Gasteiger partial charge in [0.1, 0.15) is 5.75 Å². The molecule has 2 N–H and O–H groups in total. The molecular weight excluding hydrogens is 313 g/mol. The summed E-state index contributed by atoms with van der Waals surface area (Å²) in [7, 11) is 2.68. The molecule has 0 aromatic heterocycles. The molecule has 0 saturated carbocycles. The Labute approximate surface area is 133 Å². The standard InChI is InChI=1S/C15H21F3N2O3/c1-9-5-6-12(23-4)11(7-9)10(2)19-14(22)20(3)8-13(21)15(16,17)18/h5-7,10,13,21H,8H2,1-4H3,(H,19,22)/t10-,13+/m0/s1. The van der Waals surface area contributed by atoms with E-state index in [4.69, 9.17) is 9.84 Å². The first kappa shape index (κ1) is 19.1. The molecule has 2 atom stereocenters. The van der Waals surface area contributed by atoms with Crippen LogP contribution in [0.15, 0.2) is 18.2 Å². The zero-order valence-electron chi connectivity index (χ0n) is 13.4. The number of aryl methyl sites for hydroxylation is 1. The summed E-state index contributed by atoms with van der Waals surface area (Å²) in [4.78, 5) is 12.8. The Bertz CT molecular complexity index is 549. The number of urea groups is 1. The minimum absolute atomic E-state index is 0.470. The quantitative estimate of drug-likeness (QED) is 0.870. The molecule has 1 aromatic carbocycles. The van der Waals surface area contributed by atoms with Crippen molar-refractivity contribution in [3.63, 3.8) is 0 Å². The highest BCUT2D eigenvalue weighted by Gasteiger charge is 2.39. The number of nitrogens with one attached hydrogen (secondary N) is 1. The number of alkyl halides is 3. The molecule has 5 nitrogen and oxygen atoms in total. The van der Waals surface area contributed by atoms with Crippen LogP contribution in [0.3, 0.4) is 0 Å². The number of nitrogens with zero attached hydrogens (tertiary/aromatic N) is 1. The number of carbonyl (C=O) groups is 1. The maximum Gasteiger partial charge on any atom is 0.416 e. The monoisotopic (exact) mass is 334 g/mol. The molecule has 0 radical (unpaired) electrons. The lowest BCUT2D eigenvalue weighted by Crippen LogP contribution is -2.46. The Morgan fingerprint density at radius 1 is 1.43 bits per heavy atom. The lowest BCUT2D eigenvalue weighted by molar-refractivity contribution is -0.205. The van der Waals surface area contributed by atoms with E-state index in [1.54, 1.807) is 13.0 Å². The molecule has 23 heavy (non-hydrogen) atoms. The molecule has 0 fully saturated rings. The summed E-state index contributed by atoms with van der Waals surface area (Å²) in [5.74, 6) is 0.571. The highest BCUT2D eigenvalue weighted by atomic mass is 19.4. The molecule has 0 heterocycles. The number of benzene rings is 1. The molecule has 2 amide bonds. The van der Waals surface area contributed by atoms with Crippen molar-refractivity contribution >= 4 is 6.03 Å². The zero-order chi connectivity index (χ0) is 17.8. The van der Waals surface area contributed by atoms with Crippen LogP contribution < -0.4 is 10.1 Å². The lowest BCUT2D eigenvalue weighted by Gasteiger charge is -2.25. The van der Waals surface area contributed by atoms with E-state index in [1.807, 2.05) is 19.1 Å². The number of likely N-dealkylation sites (N-methyl/N-ethyl adjacent to an activating group) is 1. The van der Waals surface area contributed by atoms with Crippen molar-refractivity contribution in [3.05, 3.63) is 29.3 Å². The fraction of sp³-hybridized carbons (Fsp3) is 0.533. The van der Waals surface area contributed by atoms with Gasteiger partial charge in [0.25, 0.3) is 0 Å². The molecule has 130 valence electrons. The number of hydrogen-bond acceptors (Lipinski definition) is 3. The van der Waals surface area contributed by atoms with E-state index in [0.717, 1.165) is 10.5 Å². The summed E-state index contributed by atoms with van der Waals surface area (Å²) in [6.07, 6.45) is -7.35. The molecule has 0 aliphatic heterocycles. The molecule has 0 spiro atoms. The van der Waals surface area contributed by atoms with Gasteiger partial charge in [0.15, 0.2) is 6.10 Å². The molecular formula is C15H21F3N2O3. The third kappa shape index (κ3) is 5.31. The predicted molar refractivity (Wildman–Crippen MR) is 79.4 cm³/mol. The van der Waals surface area contributed by atoms with Crippen LogP contribution in [-0.2, 0) is 0 Å². The number of hydrogen-bond donors (Lipinski definition) is 2. The summed E-state index contributed by atoms with van der Waals surface area (Å²) < 4.78 is 42.2. The summed E-state index contributed by atoms with van der Waals surface area (Å²) in [5.41, 5.74) is 1.67. The molecule has 0 bridgehead atoms. The maximum atomic E-state index is 12.3. The maximum absolute atomic E-state index is 12.3. The van der Waals surface area contributed by atoms with Crippen molar-refractivity contribution < 1.29 is 27.8 Å². The first-order valence-electron chi connectivity index (χ1n) is 6.97. The minimum atomic E-state index is -4.76. The van der Waals surface area contributed by atoms with Crippen LogP contribution >= 0.6 is 0 Å². The molecule has 0 saturated heterocycles. The predicted octanol–water partition coefficient (Wildman–Crippen LogP) is 2.63. The van der Waals surface area contributed by atoms with E-state index in [-0.39, 0.29) is 0 Å². The van der Waals surface area contributed by atoms with Crippen molar-refractivity contribution in [1.29, 1.82) is 0 Å². The summed E-state index contributed by atoms with van der Waals surface area (Å²) in [5, 5.41) is 11.6. The second-order valence-corrected chi connectivity index (χ2v) is 5.35. The SMILES string of the molecule is COc1ccc(C)cc1[C@H](C)NC(=O)N(C)C[C@@H](O)C(F)(F)F. The van der Waals surface area contributed by atoms with E-state index in [9.17, 15) is 18.0 Å². The molecule has 0 aliphatic rings. The van der Waals surface area contributed by atoms with E-state index in [2.05, 4.69) is 5.32 Å². The van der Waals surface area contributed by atoms with Crippen molar-refractivity contribution in [2.75, 3.05) is 20.7 Å². The largest absolute Gasteiger partial charge is 0.496 e. The van der Waals surface area contributed by atoms with Crippen LogP contribution in [0, 0.1) is 6.92 Å². The van der Waals surface area contributed by atoms with Crippen LogP contribution in [0.2, 0.25) is 0 Å². The van der Waals surface area contributed by atoms with E-state index in [1.165, 1.54) is 14.2 Å². The van der Waals surface area contributed by atoms with E-state index in [0.29, 0.717) is 11.3 Å². The number of rotatable bonds is 5. The van der Waals surface area contributed by atoms with Gasteiger partial charge < -0.3 is 20.1 Å². The Hall–Kier alpha value is -1.96. The topological polar surface area (TPSA) is 61.8 Å². The molecule has 0 unspecified atom stereocenters. The molecule has 0 aliphatic carbocycles.